The standard InChI is InChI=1S/C10H13N.C10H11N.C9H10N2.C7H8.C2H6.CH4.H2/c2*1-8-3-4-10-9(7-8)5-6-11(10)2;1-7-3-4-9-8(5-7)6-10-11(9)2;1-7-5-3-2-4-6-7;1-2;;/h3-4,7H,5-6H2,1-2H3;3-7H,1-2H3;3-6H,1-2H3;2-6H,1H3;1-2H3;1H4;1H/i;;;;;;1+1. The van der Waals surface area contributed by atoms with E-state index in [2.05, 4.69) is 135 Å². The Morgan fingerprint density at radius 1 is 0.628 bits per heavy atom. The first-order chi connectivity index (χ1) is 20.2. The van der Waals surface area contributed by atoms with Gasteiger partial charge >= 0.3 is 0 Å². The highest BCUT2D eigenvalue weighted by Crippen LogP contribution is 2.26. The van der Waals surface area contributed by atoms with E-state index in [-0.39, 0.29) is 8.85 Å². The van der Waals surface area contributed by atoms with Gasteiger partial charge in [0, 0.05) is 51.9 Å². The van der Waals surface area contributed by atoms with Gasteiger partial charge in [0.1, 0.15) is 0 Å². The lowest BCUT2D eigenvalue weighted by molar-refractivity contribution is 0.797. The molecule has 3 heterocycles. The second kappa shape index (κ2) is 17.0. The molecule has 7 rings (SSSR count). The van der Waals surface area contributed by atoms with Crippen LogP contribution in [0, 0.1) is 27.7 Å². The van der Waals surface area contributed by atoms with Gasteiger partial charge < -0.3 is 9.47 Å². The maximum atomic E-state index is 4.15. The van der Waals surface area contributed by atoms with Crippen LogP contribution in [0.15, 0.2) is 103 Å². The summed E-state index contributed by atoms with van der Waals surface area (Å²) < 4.78 is 4.02. The third-order valence-electron chi connectivity index (χ3n) is 7.25. The smallest absolute Gasteiger partial charge is 0.0679 e. The molecule has 4 heteroatoms. The number of rotatable bonds is 0. The Morgan fingerprint density at radius 3 is 1.84 bits per heavy atom. The summed E-state index contributed by atoms with van der Waals surface area (Å²) in [6.07, 6.45) is 5.19. The van der Waals surface area contributed by atoms with Gasteiger partial charge in [0.25, 0.3) is 0 Å². The van der Waals surface area contributed by atoms with Crippen molar-refractivity contribution in [3.63, 3.8) is 0 Å². The highest BCUT2D eigenvalue weighted by Gasteiger charge is 2.14. The number of hydrogen-bond donors (Lipinski definition) is 0. The number of hydrogen-bond acceptors (Lipinski definition) is 2. The maximum Gasteiger partial charge on any atom is 0.0679 e. The minimum atomic E-state index is 0. The lowest BCUT2D eigenvalue weighted by Crippen LogP contribution is -2.12. The Labute approximate surface area is 262 Å². The van der Waals surface area contributed by atoms with Crippen LogP contribution in [0.3, 0.4) is 0 Å². The maximum absolute atomic E-state index is 4.15. The van der Waals surface area contributed by atoms with Crippen molar-refractivity contribution in [2.45, 2.75) is 55.4 Å². The van der Waals surface area contributed by atoms with E-state index in [4.69, 9.17) is 0 Å². The van der Waals surface area contributed by atoms with Gasteiger partial charge in [0.05, 0.1) is 11.7 Å². The molecule has 0 aliphatic carbocycles. The van der Waals surface area contributed by atoms with Gasteiger partial charge in [-0.3, -0.25) is 4.68 Å². The number of nitrogens with zero attached hydrogens (tertiary/aromatic N) is 4. The molecule has 230 valence electrons. The van der Waals surface area contributed by atoms with E-state index >= 15 is 0 Å². The third kappa shape index (κ3) is 9.89. The molecule has 2 aromatic heterocycles. The van der Waals surface area contributed by atoms with E-state index in [1.807, 2.05) is 50.0 Å². The van der Waals surface area contributed by atoms with Crippen LogP contribution in [0.2, 0.25) is 0 Å². The van der Waals surface area contributed by atoms with E-state index < -0.39 is 0 Å². The van der Waals surface area contributed by atoms with Crippen LogP contribution in [0.5, 0.6) is 0 Å². The summed E-state index contributed by atoms with van der Waals surface area (Å²) in [6, 6.07) is 31.9. The fourth-order valence-electron chi connectivity index (χ4n) is 4.91. The normalized spacial score (nSPS) is 11.0. The van der Waals surface area contributed by atoms with Crippen molar-refractivity contribution in [1.82, 2.24) is 14.3 Å². The molecule has 4 aromatic carbocycles. The summed E-state index contributed by atoms with van der Waals surface area (Å²) in [5.74, 6) is 0. The van der Waals surface area contributed by atoms with Crippen molar-refractivity contribution in [1.29, 1.82) is 0 Å². The number of fused-ring (bicyclic) bond motifs is 3. The molecule has 1 aliphatic heterocycles. The van der Waals surface area contributed by atoms with Crippen LogP contribution in [-0.4, -0.2) is 27.9 Å². The monoisotopic (exact) mass is 579 g/mol. The fourth-order valence-corrected chi connectivity index (χ4v) is 4.91. The molecule has 0 unspecified atom stereocenters. The molecule has 6 aromatic rings. The zero-order chi connectivity index (χ0) is 30.6. The predicted molar refractivity (Wildman–Crippen MR) is 193 cm³/mol. The van der Waals surface area contributed by atoms with Gasteiger partial charge in [-0.05, 0) is 81.5 Å². The van der Waals surface area contributed by atoms with Crippen LogP contribution in [0.1, 0.15) is 50.5 Å². The lowest BCUT2D eigenvalue weighted by Gasteiger charge is -2.11. The van der Waals surface area contributed by atoms with E-state index in [1.165, 1.54) is 68.3 Å². The Morgan fingerprint density at radius 2 is 1.21 bits per heavy atom. The van der Waals surface area contributed by atoms with Gasteiger partial charge in [-0.25, -0.2) is 0 Å². The van der Waals surface area contributed by atoms with Gasteiger partial charge in [-0.2, -0.15) is 5.10 Å². The van der Waals surface area contributed by atoms with Crippen molar-refractivity contribution < 1.29 is 1.43 Å². The van der Waals surface area contributed by atoms with E-state index in [1.54, 1.807) is 0 Å². The lowest BCUT2D eigenvalue weighted by atomic mass is 10.1. The van der Waals surface area contributed by atoms with Crippen LogP contribution >= 0.6 is 0 Å². The second-order valence-electron chi connectivity index (χ2n) is 10.8. The second-order valence-corrected chi connectivity index (χ2v) is 10.8. The van der Waals surface area contributed by atoms with Gasteiger partial charge in [0.15, 0.2) is 0 Å². The molecule has 0 bridgehead atoms. The first-order valence-corrected chi connectivity index (χ1v) is 14.9. The number of anilines is 1. The number of aryl methyl sites for hydroxylation is 6. The summed E-state index contributed by atoms with van der Waals surface area (Å²) >= 11 is 0. The van der Waals surface area contributed by atoms with Crippen LogP contribution < -0.4 is 4.90 Å². The number of benzene rings is 4. The Hall–Kier alpha value is -4.31. The molecule has 0 fully saturated rings. The van der Waals surface area contributed by atoms with E-state index in [9.17, 15) is 0 Å². The van der Waals surface area contributed by atoms with E-state index in [0.29, 0.717) is 0 Å². The summed E-state index contributed by atoms with van der Waals surface area (Å²) in [5.41, 5.74) is 10.7. The Balaban J connectivity index is 0.000000287. The number of aromatic nitrogens is 3. The Bertz CT molecular complexity index is 1600. The molecule has 0 N–H and O–H groups in total. The third-order valence-corrected chi connectivity index (χ3v) is 7.25. The largest absolute Gasteiger partial charge is 0.374 e. The molecule has 4 nitrogen and oxygen atoms in total. The molecule has 43 heavy (non-hydrogen) atoms. The van der Waals surface area contributed by atoms with Gasteiger partial charge in [-0.15, -0.1) is 0 Å². The molecular weight excluding hydrogens is 524 g/mol. The molecule has 0 atom stereocenters. The summed E-state index contributed by atoms with van der Waals surface area (Å²) in [5, 5.41) is 6.70. The predicted octanol–water partition coefficient (Wildman–Crippen LogP) is 10.3. The first-order valence-electron chi connectivity index (χ1n) is 14.9. The van der Waals surface area contributed by atoms with Crippen molar-refractivity contribution in [2.75, 3.05) is 18.5 Å². The minimum Gasteiger partial charge on any atom is -0.374 e. The molecule has 0 amide bonds. The van der Waals surface area contributed by atoms with Gasteiger partial charge in [0.2, 0.25) is 0 Å². The van der Waals surface area contributed by atoms with Crippen LogP contribution in [0.25, 0.3) is 21.8 Å². The molecule has 0 saturated heterocycles. The molecule has 1 aliphatic rings. The van der Waals surface area contributed by atoms with E-state index in [0.717, 1.165) is 0 Å². The summed E-state index contributed by atoms with van der Waals surface area (Å²) in [6.45, 7) is 13.6. The first kappa shape index (κ1) is 34.9. The zero-order valence-electron chi connectivity index (χ0n) is 27.0. The highest BCUT2D eigenvalue weighted by molar-refractivity contribution is 5.80. The topological polar surface area (TPSA) is 26.0 Å². The average Bonchev–Trinajstić information content (AvgIpc) is 3.67. The van der Waals surface area contributed by atoms with Crippen LogP contribution in [-0.2, 0) is 20.5 Å². The highest BCUT2D eigenvalue weighted by atomic mass is 15.2. The van der Waals surface area contributed by atoms with Crippen molar-refractivity contribution >= 4 is 27.5 Å². The minimum absolute atomic E-state index is 0. The van der Waals surface area contributed by atoms with Crippen molar-refractivity contribution in [2.24, 2.45) is 14.1 Å². The van der Waals surface area contributed by atoms with Crippen molar-refractivity contribution in [3.05, 3.63) is 131 Å². The Kier molecular flexibility index (Phi) is 13.8. The summed E-state index contributed by atoms with van der Waals surface area (Å²) in [4.78, 5) is 2.31. The average molecular weight is 580 g/mol. The van der Waals surface area contributed by atoms with Gasteiger partial charge in [-0.1, -0.05) is 98.1 Å². The summed E-state index contributed by atoms with van der Waals surface area (Å²) in [7, 11) is 6.18. The molecule has 0 spiro atoms. The molecule has 0 radical (unpaired) electrons. The quantitative estimate of drug-likeness (QED) is 0.179. The zero-order valence-corrected chi connectivity index (χ0v) is 27.0. The SMILES string of the molecule is C.CC.Cc1ccc2c(c1)CCN2C.Cc1ccc2c(ccn2C)c1.Cc1ccc2c(cnn2C)c1.Cc1ccccc1.[2HH]. The van der Waals surface area contributed by atoms with Crippen LogP contribution in [0.4, 0.5) is 5.69 Å². The number of likely N-dealkylation sites (N-methyl/N-ethyl adjacent to an activating group) is 1. The fraction of sp³-hybridized carbons (Fsp3) is 0.308. The molecular formula is C39H54N4. The van der Waals surface area contributed by atoms with Crippen molar-refractivity contribution in [3.8, 4) is 0 Å². The molecule has 0 saturated carbocycles.